The van der Waals surface area contributed by atoms with Crippen molar-refractivity contribution in [3.05, 3.63) is 41.6 Å². The molecule has 1 fully saturated rings. The SMILES string of the molecule is CC(=O)N1CCC(Cc2cnc(CNC(=O)c3ocnc3C)cn2)CC1. The van der Waals surface area contributed by atoms with Crippen molar-refractivity contribution in [3.8, 4) is 0 Å². The van der Waals surface area contributed by atoms with Crippen molar-refractivity contribution < 1.29 is 14.0 Å². The van der Waals surface area contributed by atoms with Gasteiger partial charge in [-0.2, -0.15) is 0 Å². The maximum absolute atomic E-state index is 12.0. The Morgan fingerprint density at radius 2 is 1.88 bits per heavy atom. The van der Waals surface area contributed by atoms with Crippen LogP contribution in [0, 0.1) is 12.8 Å². The molecule has 0 aliphatic carbocycles. The fourth-order valence-electron chi connectivity index (χ4n) is 3.10. The molecule has 1 N–H and O–H groups in total. The second-order valence-electron chi connectivity index (χ2n) is 6.60. The summed E-state index contributed by atoms with van der Waals surface area (Å²) >= 11 is 0. The maximum atomic E-state index is 12.0. The zero-order valence-electron chi connectivity index (χ0n) is 15.1. The molecular formula is C18H23N5O3. The van der Waals surface area contributed by atoms with Gasteiger partial charge in [0.25, 0.3) is 5.91 Å². The maximum Gasteiger partial charge on any atom is 0.289 e. The molecule has 0 atom stereocenters. The average Bonchev–Trinajstić information content (AvgIpc) is 3.07. The summed E-state index contributed by atoms with van der Waals surface area (Å²) in [5, 5.41) is 2.75. The largest absolute Gasteiger partial charge is 0.438 e. The van der Waals surface area contributed by atoms with Gasteiger partial charge in [0.05, 0.1) is 29.8 Å². The Bertz CT molecular complexity index is 763. The van der Waals surface area contributed by atoms with Gasteiger partial charge in [-0.3, -0.25) is 19.6 Å². The molecule has 2 aromatic rings. The zero-order valence-corrected chi connectivity index (χ0v) is 15.1. The molecule has 0 radical (unpaired) electrons. The molecule has 8 nitrogen and oxygen atoms in total. The number of hydrogen-bond donors (Lipinski definition) is 1. The zero-order chi connectivity index (χ0) is 18.5. The van der Waals surface area contributed by atoms with Gasteiger partial charge in [0.2, 0.25) is 11.7 Å². The van der Waals surface area contributed by atoms with E-state index in [0.29, 0.717) is 17.3 Å². The van der Waals surface area contributed by atoms with Gasteiger partial charge in [0, 0.05) is 26.2 Å². The summed E-state index contributed by atoms with van der Waals surface area (Å²) in [4.78, 5) is 38.0. The highest BCUT2D eigenvalue weighted by atomic mass is 16.3. The summed E-state index contributed by atoms with van der Waals surface area (Å²) in [6.45, 7) is 5.25. The topological polar surface area (TPSA) is 101 Å². The van der Waals surface area contributed by atoms with Crippen LogP contribution >= 0.6 is 0 Å². The number of carbonyl (C=O) groups is 2. The van der Waals surface area contributed by atoms with E-state index in [1.54, 1.807) is 26.2 Å². The molecule has 26 heavy (non-hydrogen) atoms. The molecule has 2 amide bonds. The Kier molecular flexibility index (Phi) is 5.60. The summed E-state index contributed by atoms with van der Waals surface area (Å²) in [5.41, 5.74) is 2.18. The molecule has 1 aliphatic heterocycles. The second kappa shape index (κ2) is 8.07. The van der Waals surface area contributed by atoms with Crippen LogP contribution < -0.4 is 5.32 Å². The fraction of sp³-hybridized carbons (Fsp3) is 0.500. The van der Waals surface area contributed by atoms with Gasteiger partial charge >= 0.3 is 0 Å². The predicted octanol–water partition coefficient (Wildman–Crippen LogP) is 1.50. The van der Waals surface area contributed by atoms with Gasteiger partial charge in [-0.1, -0.05) is 0 Å². The van der Waals surface area contributed by atoms with Crippen LogP contribution in [-0.4, -0.2) is 44.8 Å². The van der Waals surface area contributed by atoms with E-state index >= 15 is 0 Å². The van der Waals surface area contributed by atoms with Crippen LogP contribution in [0.2, 0.25) is 0 Å². The minimum Gasteiger partial charge on any atom is -0.438 e. The van der Waals surface area contributed by atoms with Crippen molar-refractivity contribution >= 4 is 11.8 Å². The Balaban J connectivity index is 1.47. The third-order valence-electron chi connectivity index (χ3n) is 4.70. The van der Waals surface area contributed by atoms with E-state index in [0.717, 1.165) is 38.0 Å². The van der Waals surface area contributed by atoms with Crippen molar-refractivity contribution in [2.24, 2.45) is 5.92 Å². The number of aromatic nitrogens is 3. The van der Waals surface area contributed by atoms with Gasteiger partial charge in [0.15, 0.2) is 6.39 Å². The Hall–Kier alpha value is -2.77. The van der Waals surface area contributed by atoms with E-state index in [2.05, 4.69) is 20.3 Å². The van der Waals surface area contributed by atoms with Crippen LogP contribution in [0.15, 0.2) is 23.2 Å². The van der Waals surface area contributed by atoms with E-state index in [1.807, 2.05) is 4.90 Å². The highest BCUT2D eigenvalue weighted by molar-refractivity contribution is 5.92. The lowest BCUT2D eigenvalue weighted by Gasteiger charge is -2.31. The van der Waals surface area contributed by atoms with Crippen LogP contribution in [0.5, 0.6) is 0 Å². The summed E-state index contributed by atoms with van der Waals surface area (Å²) in [7, 11) is 0. The summed E-state index contributed by atoms with van der Waals surface area (Å²) in [6, 6.07) is 0. The first-order chi connectivity index (χ1) is 12.5. The molecule has 138 valence electrons. The van der Waals surface area contributed by atoms with Crippen molar-refractivity contribution in [3.63, 3.8) is 0 Å². The monoisotopic (exact) mass is 357 g/mol. The van der Waals surface area contributed by atoms with Crippen LogP contribution in [0.25, 0.3) is 0 Å². The number of carbonyl (C=O) groups excluding carboxylic acids is 2. The number of nitrogens with one attached hydrogen (secondary N) is 1. The average molecular weight is 357 g/mol. The quantitative estimate of drug-likeness (QED) is 0.870. The first-order valence-electron chi connectivity index (χ1n) is 8.76. The summed E-state index contributed by atoms with van der Waals surface area (Å²) < 4.78 is 5.06. The molecule has 1 aliphatic rings. The lowest BCUT2D eigenvalue weighted by Crippen LogP contribution is -2.37. The number of nitrogens with zero attached hydrogens (tertiary/aromatic N) is 4. The minimum atomic E-state index is -0.317. The molecule has 1 saturated heterocycles. The first-order valence-corrected chi connectivity index (χ1v) is 8.76. The molecule has 2 aromatic heterocycles. The van der Waals surface area contributed by atoms with Crippen LogP contribution in [-0.2, 0) is 17.8 Å². The fourth-order valence-corrected chi connectivity index (χ4v) is 3.10. The molecule has 3 heterocycles. The molecule has 3 rings (SSSR count). The highest BCUT2D eigenvalue weighted by Gasteiger charge is 2.21. The van der Waals surface area contributed by atoms with Crippen LogP contribution in [0.4, 0.5) is 0 Å². The van der Waals surface area contributed by atoms with Crippen molar-refractivity contribution in [2.45, 2.75) is 39.7 Å². The first kappa shape index (κ1) is 18.0. The summed E-state index contributed by atoms with van der Waals surface area (Å²) in [5.74, 6) is 0.574. The number of hydrogen-bond acceptors (Lipinski definition) is 6. The van der Waals surface area contributed by atoms with Crippen LogP contribution in [0.3, 0.4) is 0 Å². The van der Waals surface area contributed by atoms with Gasteiger partial charge in [-0.25, -0.2) is 4.98 Å². The number of amides is 2. The highest BCUT2D eigenvalue weighted by Crippen LogP contribution is 2.20. The molecule has 0 unspecified atom stereocenters. The van der Waals surface area contributed by atoms with Gasteiger partial charge in [0.1, 0.15) is 0 Å². The van der Waals surface area contributed by atoms with E-state index < -0.39 is 0 Å². The van der Waals surface area contributed by atoms with Crippen molar-refractivity contribution in [2.75, 3.05) is 13.1 Å². The van der Waals surface area contributed by atoms with E-state index in [4.69, 9.17) is 4.42 Å². The molecule has 0 saturated carbocycles. The number of aryl methyl sites for hydroxylation is 1. The third-order valence-corrected chi connectivity index (χ3v) is 4.70. The molecule has 0 aromatic carbocycles. The van der Waals surface area contributed by atoms with Crippen LogP contribution in [0.1, 0.15) is 47.4 Å². The number of piperidine rings is 1. The number of likely N-dealkylation sites (tertiary alicyclic amines) is 1. The van der Waals surface area contributed by atoms with E-state index in [1.165, 1.54) is 6.39 Å². The van der Waals surface area contributed by atoms with Crippen molar-refractivity contribution in [1.82, 2.24) is 25.2 Å². The Morgan fingerprint density at radius 1 is 1.19 bits per heavy atom. The van der Waals surface area contributed by atoms with Crippen molar-refractivity contribution in [1.29, 1.82) is 0 Å². The summed E-state index contributed by atoms with van der Waals surface area (Å²) in [6.07, 6.45) is 7.56. The van der Waals surface area contributed by atoms with E-state index in [-0.39, 0.29) is 24.1 Å². The third kappa shape index (κ3) is 4.44. The number of rotatable bonds is 5. The van der Waals surface area contributed by atoms with Gasteiger partial charge in [-0.15, -0.1) is 0 Å². The lowest BCUT2D eigenvalue weighted by atomic mass is 9.92. The Morgan fingerprint density at radius 3 is 2.46 bits per heavy atom. The smallest absolute Gasteiger partial charge is 0.289 e. The second-order valence-corrected chi connectivity index (χ2v) is 6.60. The lowest BCUT2D eigenvalue weighted by molar-refractivity contribution is -0.130. The standard InChI is InChI=1S/C18H23N5O3/c1-12-17(26-11-22-12)18(25)21-10-16-9-19-15(8-20-16)7-14-3-5-23(6-4-14)13(2)24/h8-9,11,14H,3-7,10H2,1-2H3,(H,21,25). The molecule has 0 spiro atoms. The number of oxazole rings is 1. The normalized spacial score (nSPS) is 15.1. The Labute approximate surface area is 152 Å². The van der Waals surface area contributed by atoms with Gasteiger partial charge < -0.3 is 14.6 Å². The predicted molar refractivity (Wildman–Crippen MR) is 93.1 cm³/mol. The molecular weight excluding hydrogens is 334 g/mol. The molecule has 0 bridgehead atoms. The molecule has 8 heteroatoms. The van der Waals surface area contributed by atoms with Gasteiger partial charge in [-0.05, 0) is 32.1 Å². The minimum absolute atomic E-state index is 0.148. The van der Waals surface area contributed by atoms with E-state index in [9.17, 15) is 9.59 Å².